The number of urea groups is 1. The summed E-state index contributed by atoms with van der Waals surface area (Å²) in [6.07, 6.45) is 5.10. The molecule has 136 valence electrons. The number of nitrogens with zero attached hydrogens (tertiary/aromatic N) is 1. The van der Waals surface area contributed by atoms with Crippen molar-refractivity contribution in [3.63, 3.8) is 0 Å². The van der Waals surface area contributed by atoms with Crippen LogP contribution in [-0.4, -0.2) is 41.4 Å². The third kappa shape index (κ3) is 3.86. The van der Waals surface area contributed by atoms with Crippen molar-refractivity contribution in [2.24, 2.45) is 5.92 Å². The van der Waals surface area contributed by atoms with E-state index in [0.29, 0.717) is 25.3 Å². The first-order chi connectivity index (χ1) is 12.0. The number of hydrogen-bond donors (Lipinski definition) is 2. The van der Waals surface area contributed by atoms with Crippen LogP contribution in [0, 0.1) is 5.92 Å². The predicted octanol–water partition coefficient (Wildman–Crippen LogP) is 2.30. The van der Waals surface area contributed by atoms with Gasteiger partial charge in [0.2, 0.25) is 5.91 Å². The molecule has 2 heterocycles. The standard InChI is InChI=1S/C18H25N3O3S/c1-2-13-5-8-18(9-6-13)16(23)21(17(24)20-18)12-15(22)19-10-7-14-4-3-11-25-14/h3-4,11,13H,2,5-10,12H2,1H3,(H,19,22)(H,20,24). The van der Waals surface area contributed by atoms with Gasteiger partial charge in [-0.05, 0) is 49.5 Å². The molecule has 0 bridgehead atoms. The van der Waals surface area contributed by atoms with E-state index in [2.05, 4.69) is 17.6 Å². The van der Waals surface area contributed by atoms with E-state index in [1.54, 1.807) is 11.3 Å². The molecule has 1 saturated heterocycles. The molecule has 2 aliphatic rings. The number of carbonyl (C=O) groups is 3. The molecule has 1 aliphatic heterocycles. The highest BCUT2D eigenvalue weighted by Gasteiger charge is 2.52. The van der Waals surface area contributed by atoms with Crippen LogP contribution in [0.5, 0.6) is 0 Å². The molecule has 1 aromatic heterocycles. The van der Waals surface area contributed by atoms with E-state index in [1.807, 2.05) is 17.5 Å². The van der Waals surface area contributed by atoms with Crippen molar-refractivity contribution >= 4 is 29.2 Å². The van der Waals surface area contributed by atoms with E-state index in [4.69, 9.17) is 0 Å². The number of thiophene rings is 1. The minimum absolute atomic E-state index is 0.200. The minimum atomic E-state index is -0.778. The van der Waals surface area contributed by atoms with Crippen LogP contribution in [-0.2, 0) is 16.0 Å². The van der Waals surface area contributed by atoms with Gasteiger partial charge in [0.1, 0.15) is 12.1 Å². The molecule has 6 nitrogen and oxygen atoms in total. The summed E-state index contributed by atoms with van der Waals surface area (Å²) in [4.78, 5) is 39.3. The third-order valence-electron chi connectivity index (χ3n) is 5.36. The summed E-state index contributed by atoms with van der Waals surface area (Å²) in [5, 5.41) is 7.64. The molecule has 0 aromatic carbocycles. The number of rotatable bonds is 6. The van der Waals surface area contributed by atoms with Crippen LogP contribution in [0.2, 0.25) is 0 Å². The van der Waals surface area contributed by atoms with Crippen molar-refractivity contribution < 1.29 is 14.4 Å². The Labute approximate surface area is 152 Å². The average Bonchev–Trinajstić information content (AvgIpc) is 3.19. The molecule has 2 N–H and O–H groups in total. The lowest BCUT2D eigenvalue weighted by Gasteiger charge is -2.34. The number of imide groups is 1. The average molecular weight is 363 g/mol. The minimum Gasteiger partial charge on any atom is -0.354 e. The molecule has 1 saturated carbocycles. The van der Waals surface area contributed by atoms with Gasteiger partial charge in [-0.3, -0.25) is 14.5 Å². The molecule has 1 aliphatic carbocycles. The molecule has 3 rings (SSSR count). The van der Waals surface area contributed by atoms with E-state index in [9.17, 15) is 14.4 Å². The zero-order valence-corrected chi connectivity index (χ0v) is 15.4. The van der Waals surface area contributed by atoms with Crippen LogP contribution < -0.4 is 10.6 Å². The van der Waals surface area contributed by atoms with E-state index in [0.717, 1.165) is 30.6 Å². The summed E-state index contributed by atoms with van der Waals surface area (Å²) < 4.78 is 0. The molecule has 1 aromatic rings. The lowest BCUT2D eigenvalue weighted by atomic mass is 9.75. The SMILES string of the molecule is CCC1CCC2(CC1)NC(=O)N(CC(=O)NCCc1cccs1)C2=O. The van der Waals surface area contributed by atoms with Crippen molar-refractivity contribution in [3.05, 3.63) is 22.4 Å². The molecule has 1 spiro atoms. The molecule has 7 heteroatoms. The van der Waals surface area contributed by atoms with Gasteiger partial charge >= 0.3 is 6.03 Å². The Morgan fingerprint density at radius 3 is 2.80 bits per heavy atom. The second-order valence-electron chi connectivity index (χ2n) is 6.93. The van der Waals surface area contributed by atoms with E-state index >= 15 is 0 Å². The lowest BCUT2D eigenvalue weighted by molar-refractivity contribution is -0.136. The summed E-state index contributed by atoms with van der Waals surface area (Å²) in [6, 6.07) is 3.56. The highest BCUT2D eigenvalue weighted by atomic mass is 32.1. The quantitative estimate of drug-likeness (QED) is 0.761. The topological polar surface area (TPSA) is 78.5 Å². The smallest absolute Gasteiger partial charge is 0.325 e. The summed E-state index contributed by atoms with van der Waals surface area (Å²) >= 11 is 1.64. The molecule has 0 atom stereocenters. The molecule has 4 amide bonds. The first kappa shape index (κ1) is 17.9. The Morgan fingerprint density at radius 2 is 2.16 bits per heavy atom. The van der Waals surface area contributed by atoms with Crippen molar-refractivity contribution in [2.75, 3.05) is 13.1 Å². The Morgan fingerprint density at radius 1 is 1.40 bits per heavy atom. The zero-order chi connectivity index (χ0) is 17.9. The van der Waals surface area contributed by atoms with Crippen LogP contribution in [0.1, 0.15) is 43.9 Å². The monoisotopic (exact) mass is 363 g/mol. The second kappa shape index (κ2) is 7.56. The Balaban J connectivity index is 1.51. The van der Waals surface area contributed by atoms with Gasteiger partial charge in [0.25, 0.3) is 5.91 Å². The van der Waals surface area contributed by atoms with Gasteiger partial charge in [0.05, 0.1) is 0 Å². The molecule has 0 unspecified atom stereocenters. The highest BCUT2D eigenvalue weighted by molar-refractivity contribution is 7.09. The van der Waals surface area contributed by atoms with Crippen molar-refractivity contribution in [1.29, 1.82) is 0 Å². The summed E-state index contributed by atoms with van der Waals surface area (Å²) in [7, 11) is 0. The zero-order valence-electron chi connectivity index (χ0n) is 14.5. The predicted molar refractivity (Wildman–Crippen MR) is 96.3 cm³/mol. The van der Waals surface area contributed by atoms with E-state index in [-0.39, 0.29) is 18.4 Å². The van der Waals surface area contributed by atoms with Gasteiger partial charge in [0, 0.05) is 11.4 Å². The third-order valence-corrected chi connectivity index (χ3v) is 6.29. The Bertz CT molecular complexity index is 636. The maximum absolute atomic E-state index is 12.7. The van der Waals surface area contributed by atoms with Crippen LogP contribution in [0.4, 0.5) is 4.79 Å². The highest BCUT2D eigenvalue weighted by Crippen LogP contribution is 2.37. The fraction of sp³-hybridized carbons (Fsp3) is 0.611. The van der Waals surface area contributed by atoms with Crippen LogP contribution in [0.3, 0.4) is 0 Å². The largest absolute Gasteiger partial charge is 0.354 e. The maximum Gasteiger partial charge on any atom is 0.325 e. The van der Waals surface area contributed by atoms with E-state index in [1.165, 1.54) is 4.88 Å². The number of amides is 4. The first-order valence-electron chi connectivity index (χ1n) is 8.97. The summed E-state index contributed by atoms with van der Waals surface area (Å²) in [5.41, 5.74) is -0.778. The van der Waals surface area contributed by atoms with Gasteiger partial charge < -0.3 is 10.6 Å². The van der Waals surface area contributed by atoms with Crippen molar-refractivity contribution in [3.8, 4) is 0 Å². The lowest BCUT2D eigenvalue weighted by Crippen LogP contribution is -2.50. The van der Waals surface area contributed by atoms with Crippen LogP contribution in [0.15, 0.2) is 17.5 Å². The number of nitrogens with one attached hydrogen (secondary N) is 2. The maximum atomic E-state index is 12.7. The molecular weight excluding hydrogens is 338 g/mol. The van der Waals surface area contributed by atoms with Crippen molar-refractivity contribution in [2.45, 2.75) is 51.0 Å². The number of carbonyl (C=O) groups excluding carboxylic acids is 3. The van der Waals surface area contributed by atoms with E-state index < -0.39 is 11.6 Å². The summed E-state index contributed by atoms with van der Waals surface area (Å²) in [6.45, 7) is 2.46. The normalized spacial score (nSPS) is 26.1. The molecule has 2 fully saturated rings. The molecule has 25 heavy (non-hydrogen) atoms. The van der Waals surface area contributed by atoms with Crippen molar-refractivity contribution in [1.82, 2.24) is 15.5 Å². The first-order valence-corrected chi connectivity index (χ1v) is 9.85. The Kier molecular flexibility index (Phi) is 5.42. The Hall–Kier alpha value is -1.89. The van der Waals surface area contributed by atoms with Crippen LogP contribution in [0.25, 0.3) is 0 Å². The summed E-state index contributed by atoms with van der Waals surface area (Å²) in [5.74, 6) is 0.102. The van der Waals surface area contributed by atoms with Gasteiger partial charge in [0.15, 0.2) is 0 Å². The fourth-order valence-corrected chi connectivity index (χ4v) is 4.43. The molecular formula is C18H25N3O3S. The van der Waals surface area contributed by atoms with Gasteiger partial charge in [-0.25, -0.2) is 4.79 Å². The molecule has 0 radical (unpaired) electrons. The van der Waals surface area contributed by atoms with Gasteiger partial charge in [-0.15, -0.1) is 11.3 Å². The number of hydrogen-bond acceptors (Lipinski definition) is 4. The fourth-order valence-electron chi connectivity index (χ4n) is 3.72. The van der Waals surface area contributed by atoms with Gasteiger partial charge in [-0.2, -0.15) is 0 Å². The second-order valence-corrected chi connectivity index (χ2v) is 7.97. The van der Waals surface area contributed by atoms with Gasteiger partial charge in [-0.1, -0.05) is 19.4 Å². The van der Waals surface area contributed by atoms with Crippen LogP contribution >= 0.6 is 11.3 Å².